The van der Waals surface area contributed by atoms with Crippen LogP contribution in [0, 0.1) is 0 Å². The number of fused-ring (bicyclic) bond motifs is 13. The molecule has 0 unspecified atom stereocenters. The van der Waals surface area contributed by atoms with E-state index >= 15 is 0 Å². The molecule has 96 heavy (non-hydrogen) atoms. The first-order valence-electron chi connectivity index (χ1n) is 33.0. The molecule has 2 heterocycles. The van der Waals surface area contributed by atoms with Crippen molar-refractivity contribution in [1.29, 1.82) is 0 Å². The van der Waals surface area contributed by atoms with Gasteiger partial charge < -0.3 is 8.83 Å². The Balaban J connectivity index is 0.000000135. The van der Waals surface area contributed by atoms with Crippen LogP contribution in [0.15, 0.2) is 361 Å². The first-order chi connectivity index (χ1) is 47.6. The lowest BCUT2D eigenvalue weighted by Crippen LogP contribution is -1.91. The van der Waals surface area contributed by atoms with Crippen LogP contribution in [0.4, 0.5) is 0 Å². The van der Waals surface area contributed by atoms with Crippen molar-refractivity contribution in [2.75, 3.05) is 0 Å². The van der Waals surface area contributed by atoms with Crippen molar-refractivity contribution in [3.8, 4) is 77.9 Å². The summed E-state index contributed by atoms with van der Waals surface area (Å²) < 4.78 is 12.6. The highest BCUT2D eigenvalue weighted by Crippen LogP contribution is 2.48. The van der Waals surface area contributed by atoms with Crippen LogP contribution in [0.1, 0.15) is 0 Å². The molecule has 0 radical (unpaired) electrons. The Kier molecular flexibility index (Phi) is 13.0. The van der Waals surface area contributed by atoms with Gasteiger partial charge in [-0.15, -0.1) is 0 Å². The molecule has 20 rings (SSSR count). The van der Waals surface area contributed by atoms with Gasteiger partial charge in [-0.25, -0.2) is 0 Å². The molecule has 0 saturated heterocycles. The van der Waals surface area contributed by atoms with E-state index in [0.29, 0.717) is 0 Å². The van der Waals surface area contributed by atoms with Crippen LogP contribution in [0.2, 0.25) is 0 Å². The molecule has 0 fully saturated rings. The number of hydrogen-bond acceptors (Lipinski definition) is 2. The molecule has 446 valence electrons. The van der Waals surface area contributed by atoms with E-state index in [0.717, 1.165) is 43.9 Å². The Morgan fingerprint density at radius 3 is 0.885 bits per heavy atom. The summed E-state index contributed by atoms with van der Waals surface area (Å²) in [6.45, 7) is 0. The van der Waals surface area contributed by atoms with Crippen molar-refractivity contribution in [3.05, 3.63) is 352 Å². The predicted octanol–water partition coefficient (Wildman–Crippen LogP) is 26.9. The van der Waals surface area contributed by atoms with Crippen molar-refractivity contribution >= 4 is 119 Å². The van der Waals surface area contributed by atoms with Gasteiger partial charge in [0.25, 0.3) is 0 Å². The summed E-state index contributed by atoms with van der Waals surface area (Å²) in [5, 5.41) is 22.1. The lowest BCUT2D eigenvalue weighted by Gasteiger charge is -2.19. The van der Waals surface area contributed by atoms with Crippen LogP contribution >= 0.6 is 0 Å². The highest BCUT2D eigenvalue weighted by atomic mass is 16.3. The monoisotopic (exact) mass is 1220 g/mol. The van der Waals surface area contributed by atoms with Gasteiger partial charge in [-0.2, -0.15) is 0 Å². The minimum absolute atomic E-state index is 0.915. The highest BCUT2D eigenvalue weighted by molar-refractivity contribution is 6.25. The van der Waals surface area contributed by atoms with E-state index in [1.807, 2.05) is 0 Å². The van der Waals surface area contributed by atoms with Gasteiger partial charge in [0.05, 0.1) is 0 Å². The molecular formula is C94H58O2. The maximum atomic E-state index is 6.28. The average Bonchev–Trinajstić information content (AvgIpc) is 1.68. The summed E-state index contributed by atoms with van der Waals surface area (Å²) in [5.41, 5.74) is 20.9. The van der Waals surface area contributed by atoms with E-state index in [2.05, 4.69) is 352 Å². The van der Waals surface area contributed by atoms with Crippen molar-refractivity contribution < 1.29 is 8.83 Å². The van der Waals surface area contributed by atoms with E-state index in [4.69, 9.17) is 8.83 Å². The van der Waals surface area contributed by atoms with E-state index in [-0.39, 0.29) is 0 Å². The molecular weight excluding hydrogens is 1160 g/mol. The van der Waals surface area contributed by atoms with Crippen molar-refractivity contribution in [3.63, 3.8) is 0 Å². The fourth-order valence-electron chi connectivity index (χ4n) is 15.4. The zero-order valence-electron chi connectivity index (χ0n) is 52.3. The van der Waals surface area contributed by atoms with Crippen LogP contribution in [-0.4, -0.2) is 0 Å². The first kappa shape index (κ1) is 55.1. The fraction of sp³-hybridized carbons (Fsp3) is 0. The van der Waals surface area contributed by atoms with Gasteiger partial charge in [0.2, 0.25) is 0 Å². The summed E-state index contributed by atoms with van der Waals surface area (Å²) >= 11 is 0. The van der Waals surface area contributed by atoms with E-state index < -0.39 is 0 Å². The maximum absolute atomic E-state index is 6.28. The average molecular weight is 1220 g/mol. The quantitative estimate of drug-likeness (QED) is 0.149. The third-order valence-corrected chi connectivity index (χ3v) is 19.9. The summed E-state index contributed by atoms with van der Waals surface area (Å²) in [6.07, 6.45) is 0. The highest BCUT2D eigenvalue weighted by Gasteiger charge is 2.21. The molecule has 0 spiro atoms. The molecule has 0 N–H and O–H groups in total. The molecule has 0 aliphatic heterocycles. The van der Waals surface area contributed by atoms with Gasteiger partial charge in [-0.1, -0.05) is 297 Å². The van der Waals surface area contributed by atoms with Gasteiger partial charge in [-0.05, 0) is 208 Å². The van der Waals surface area contributed by atoms with Gasteiger partial charge in [0, 0.05) is 21.5 Å². The molecule has 0 aliphatic rings. The zero-order chi connectivity index (χ0) is 63.2. The fourth-order valence-corrected chi connectivity index (χ4v) is 15.4. The molecule has 18 aromatic carbocycles. The zero-order valence-corrected chi connectivity index (χ0v) is 52.3. The Hall–Kier alpha value is -12.6. The van der Waals surface area contributed by atoms with E-state index in [1.54, 1.807) is 0 Å². The Morgan fingerprint density at radius 1 is 0.135 bits per heavy atom. The molecule has 2 nitrogen and oxygen atoms in total. The number of hydrogen-bond donors (Lipinski definition) is 0. The van der Waals surface area contributed by atoms with E-state index in [1.165, 1.54) is 153 Å². The molecule has 0 atom stereocenters. The van der Waals surface area contributed by atoms with Gasteiger partial charge >= 0.3 is 0 Å². The molecule has 0 saturated carbocycles. The molecule has 2 heteroatoms. The minimum atomic E-state index is 0.915. The second-order valence-corrected chi connectivity index (χ2v) is 25.3. The largest absolute Gasteiger partial charge is 0.456 e. The third kappa shape index (κ3) is 9.25. The van der Waals surface area contributed by atoms with Gasteiger partial charge in [0.1, 0.15) is 22.3 Å². The lowest BCUT2D eigenvalue weighted by molar-refractivity contribution is 0.669. The smallest absolute Gasteiger partial charge is 0.136 e. The standard InChI is InChI=1S/C48H30O.C46H28O/c1-2-11-31(12-3-1)34-15-10-16-38(27-34)48-41-19-8-6-17-39(41)47(40-18-7-9-20-42(40)48)33-23-21-32(22-24-33)37-25-26-45-43(29-37)44-28-35-13-4-5-14-36(35)30-46(44)49-45;1-2-12-33-28-44-42(26-32(33)11-1)41-27-34(24-25-43(41)47-44)29-20-22-31(23-21-29)45-37-15-5-7-17-39(37)46(40-18-8-6-16-38(40)45)36-19-9-13-30-10-3-4-14-35(30)36/h1-30H;1-28H. The summed E-state index contributed by atoms with van der Waals surface area (Å²) in [7, 11) is 0. The normalized spacial score (nSPS) is 11.8. The first-order valence-corrected chi connectivity index (χ1v) is 33.0. The second kappa shape index (κ2) is 22.6. The third-order valence-electron chi connectivity index (χ3n) is 19.9. The summed E-state index contributed by atoms with van der Waals surface area (Å²) in [4.78, 5) is 0. The molecule has 0 aliphatic carbocycles. The minimum Gasteiger partial charge on any atom is -0.456 e. The number of furan rings is 2. The van der Waals surface area contributed by atoms with E-state index in [9.17, 15) is 0 Å². The molecule has 20 aromatic rings. The van der Waals surface area contributed by atoms with Crippen LogP contribution < -0.4 is 0 Å². The number of rotatable bonds is 7. The molecule has 0 bridgehead atoms. The number of benzene rings is 18. The predicted molar refractivity (Wildman–Crippen MR) is 408 cm³/mol. The molecule has 0 amide bonds. The Labute approximate surface area is 554 Å². The van der Waals surface area contributed by atoms with Crippen LogP contribution in [0.25, 0.3) is 197 Å². The van der Waals surface area contributed by atoms with Crippen molar-refractivity contribution in [2.45, 2.75) is 0 Å². The maximum Gasteiger partial charge on any atom is 0.136 e. The molecule has 2 aromatic heterocycles. The Bertz CT molecular complexity index is 6370. The van der Waals surface area contributed by atoms with Crippen LogP contribution in [0.5, 0.6) is 0 Å². The van der Waals surface area contributed by atoms with Crippen molar-refractivity contribution in [1.82, 2.24) is 0 Å². The van der Waals surface area contributed by atoms with Gasteiger partial charge in [0.15, 0.2) is 0 Å². The summed E-state index contributed by atoms with van der Waals surface area (Å²) in [6, 6.07) is 127. The van der Waals surface area contributed by atoms with Crippen molar-refractivity contribution in [2.24, 2.45) is 0 Å². The van der Waals surface area contributed by atoms with Crippen LogP contribution in [0.3, 0.4) is 0 Å². The van der Waals surface area contributed by atoms with Gasteiger partial charge in [-0.3, -0.25) is 0 Å². The topological polar surface area (TPSA) is 26.3 Å². The van der Waals surface area contributed by atoms with Crippen LogP contribution in [-0.2, 0) is 0 Å². The summed E-state index contributed by atoms with van der Waals surface area (Å²) in [5.74, 6) is 0. The second-order valence-electron chi connectivity index (χ2n) is 25.3. The Morgan fingerprint density at radius 2 is 0.427 bits per heavy atom. The lowest BCUT2D eigenvalue weighted by atomic mass is 9.84. The SMILES string of the molecule is c1ccc(-c2cccc(-c3c4ccccc4c(-c4ccc(-c5ccc6oc7cc8ccccc8cc7c6c5)cc4)c4ccccc34)c2)cc1.c1ccc2cc3c(cc2c1)oc1ccc(-c2ccc(-c4c5ccccc5c(-c5cccc6ccccc56)c5ccccc45)cc2)cc13.